The van der Waals surface area contributed by atoms with Gasteiger partial charge in [-0.05, 0) is 73.0 Å². The number of halogens is 3. The predicted molar refractivity (Wildman–Crippen MR) is 145 cm³/mol. The summed E-state index contributed by atoms with van der Waals surface area (Å²) in [4.78, 5) is 18.5. The molecule has 2 aromatic carbocycles. The second kappa shape index (κ2) is 10.6. The van der Waals surface area contributed by atoms with Gasteiger partial charge in [-0.25, -0.2) is 22.9 Å². The van der Waals surface area contributed by atoms with Gasteiger partial charge in [-0.1, -0.05) is 11.6 Å². The van der Waals surface area contributed by atoms with E-state index in [1.54, 1.807) is 58.9 Å². The minimum Gasteiger partial charge on any atom is -0.408 e. The molecule has 1 atom stereocenters. The largest absolute Gasteiger partial charge is 0.408 e. The maximum Gasteiger partial charge on any atom is 0.193 e. The molecule has 40 heavy (non-hydrogen) atoms. The van der Waals surface area contributed by atoms with Crippen LogP contribution in [0, 0.1) is 22.9 Å². The number of rotatable bonds is 7. The zero-order valence-electron chi connectivity index (χ0n) is 21.4. The third-order valence-electron chi connectivity index (χ3n) is 7.33. The molecule has 0 bridgehead atoms. The summed E-state index contributed by atoms with van der Waals surface area (Å²) >= 11 is 0.961. The predicted octanol–water partition coefficient (Wildman–Crippen LogP) is 5.69. The number of piperidine rings is 1. The van der Waals surface area contributed by atoms with E-state index in [0.717, 1.165) is 46.9 Å². The van der Waals surface area contributed by atoms with Gasteiger partial charge >= 0.3 is 0 Å². The highest BCUT2D eigenvalue weighted by atomic mass is 32.2. The van der Waals surface area contributed by atoms with Crippen molar-refractivity contribution in [2.75, 3.05) is 20.1 Å². The molecule has 0 N–H and O–H groups in total. The molecule has 1 fully saturated rings. The summed E-state index contributed by atoms with van der Waals surface area (Å²) in [5, 5.41) is 6.56. The molecule has 0 saturated carbocycles. The number of ketones is 1. The quantitative estimate of drug-likeness (QED) is 0.163. The van der Waals surface area contributed by atoms with E-state index < -0.39 is 17.0 Å². The van der Waals surface area contributed by atoms with Crippen LogP contribution in [0.3, 0.4) is 0 Å². The highest BCUT2D eigenvalue weighted by molar-refractivity contribution is 7.92. The van der Waals surface area contributed by atoms with Gasteiger partial charge in [0.25, 0.3) is 0 Å². The van der Waals surface area contributed by atoms with Gasteiger partial charge in [-0.15, -0.1) is 0 Å². The maximum absolute atomic E-state index is 14.2. The van der Waals surface area contributed by atoms with Crippen LogP contribution in [0.1, 0.15) is 28.2 Å². The molecule has 11 heteroatoms. The van der Waals surface area contributed by atoms with Gasteiger partial charge in [-0.3, -0.25) is 9.78 Å². The number of Topliss-reactive ketones (excluding diaryl/α,β-unsaturated/α-hetero) is 1. The van der Waals surface area contributed by atoms with E-state index in [0.29, 0.717) is 31.6 Å². The first-order valence-corrected chi connectivity index (χ1v) is 13.3. The number of carbonyl (C=O) groups is 1. The van der Waals surface area contributed by atoms with Gasteiger partial charge in [-0.2, -0.15) is 9.51 Å². The maximum atomic E-state index is 14.2. The van der Waals surface area contributed by atoms with Crippen LogP contribution >= 0.6 is 12.2 Å². The number of benzene rings is 2. The van der Waals surface area contributed by atoms with E-state index in [1.165, 1.54) is 18.2 Å². The van der Waals surface area contributed by atoms with Crippen molar-refractivity contribution in [3.63, 3.8) is 0 Å². The SMILES string of the molecule is CN(SOc1ccc(F)c(F)c1)N1CCC2=Cc3c(cnn3-c3ccc(F)cc3)CC2(C(=O)c2ccccn2)C1. The molecule has 2 aromatic heterocycles. The second-order valence-electron chi connectivity index (χ2n) is 9.75. The van der Waals surface area contributed by atoms with Gasteiger partial charge in [0.1, 0.15) is 17.3 Å². The molecule has 2 aliphatic rings. The van der Waals surface area contributed by atoms with E-state index in [4.69, 9.17) is 4.18 Å². The van der Waals surface area contributed by atoms with Crippen LogP contribution in [-0.2, 0) is 6.42 Å². The first-order chi connectivity index (χ1) is 19.3. The number of carbonyl (C=O) groups excluding carboxylic acids is 1. The molecule has 0 radical (unpaired) electrons. The van der Waals surface area contributed by atoms with Crippen molar-refractivity contribution in [1.29, 1.82) is 0 Å². The summed E-state index contributed by atoms with van der Waals surface area (Å²) in [7, 11) is 1.79. The summed E-state index contributed by atoms with van der Waals surface area (Å²) < 4.78 is 49.6. The van der Waals surface area contributed by atoms with Crippen LogP contribution in [0.25, 0.3) is 11.8 Å². The number of fused-ring (bicyclic) bond motifs is 2. The van der Waals surface area contributed by atoms with Crippen molar-refractivity contribution >= 4 is 24.1 Å². The molecule has 1 unspecified atom stereocenters. The van der Waals surface area contributed by atoms with Crippen molar-refractivity contribution < 1.29 is 22.1 Å². The van der Waals surface area contributed by atoms with Crippen LogP contribution in [0.4, 0.5) is 13.2 Å². The number of pyridine rings is 1. The molecule has 1 saturated heterocycles. The van der Waals surface area contributed by atoms with E-state index in [-0.39, 0.29) is 17.3 Å². The smallest absolute Gasteiger partial charge is 0.193 e. The van der Waals surface area contributed by atoms with Gasteiger partial charge < -0.3 is 4.18 Å². The Kier molecular flexibility index (Phi) is 6.95. The first kappa shape index (κ1) is 26.3. The van der Waals surface area contributed by atoms with Crippen LogP contribution in [0.5, 0.6) is 5.75 Å². The minimum absolute atomic E-state index is 0.0934. The Morgan fingerprint density at radius 3 is 2.65 bits per heavy atom. The summed E-state index contributed by atoms with van der Waals surface area (Å²) in [5.41, 5.74) is 2.92. The van der Waals surface area contributed by atoms with Crippen molar-refractivity contribution in [2.24, 2.45) is 5.41 Å². The molecule has 1 aliphatic carbocycles. The summed E-state index contributed by atoms with van der Waals surface area (Å²) in [6, 6.07) is 14.7. The number of hydrogen-bond acceptors (Lipinski definition) is 7. The third-order valence-corrected chi connectivity index (χ3v) is 8.04. The fourth-order valence-corrected chi connectivity index (χ4v) is 5.81. The van der Waals surface area contributed by atoms with Gasteiger partial charge in [0.05, 0.1) is 23.0 Å². The van der Waals surface area contributed by atoms with E-state index in [2.05, 4.69) is 10.1 Å². The summed E-state index contributed by atoms with van der Waals surface area (Å²) in [6.07, 6.45) is 6.38. The Bertz CT molecular complexity index is 1600. The first-order valence-electron chi connectivity index (χ1n) is 12.6. The Labute approximate surface area is 233 Å². The highest BCUT2D eigenvalue weighted by Crippen LogP contribution is 2.46. The zero-order valence-corrected chi connectivity index (χ0v) is 22.2. The molecule has 6 rings (SSSR count). The van der Waals surface area contributed by atoms with E-state index in [1.807, 2.05) is 11.1 Å². The minimum atomic E-state index is -0.993. The lowest BCUT2D eigenvalue weighted by Gasteiger charge is -2.46. The lowest BCUT2D eigenvalue weighted by atomic mass is 9.65. The number of hydrogen-bond donors (Lipinski definition) is 0. The lowest BCUT2D eigenvalue weighted by Crippen LogP contribution is -2.54. The number of nitrogens with zero attached hydrogens (tertiary/aromatic N) is 5. The Balaban J connectivity index is 1.31. The normalized spacial score (nSPS) is 18.7. The molecule has 0 spiro atoms. The zero-order chi connectivity index (χ0) is 27.9. The van der Waals surface area contributed by atoms with E-state index >= 15 is 0 Å². The lowest BCUT2D eigenvalue weighted by molar-refractivity contribution is 0.0226. The molecule has 1 aliphatic heterocycles. The van der Waals surface area contributed by atoms with Crippen molar-refractivity contribution in [1.82, 2.24) is 24.2 Å². The third kappa shape index (κ3) is 4.80. The Hall–Kier alpha value is -3.93. The summed E-state index contributed by atoms with van der Waals surface area (Å²) in [6.45, 7) is 0.938. The van der Waals surface area contributed by atoms with Crippen molar-refractivity contribution in [3.8, 4) is 11.4 Å². The molecular formula is C29H24F3N5O2S. The van der Waals surface area contributed by atoms with E-state index in [9.17, 15) is 18.0 Å². The monoisotopic (exact) mass is 563 g/mol. The topological polar surface area (TPSA) is 63.5 Å². The highest BCUT2D eigenvalue weighted by Gasteiger charge is 2.50. The average molecular weight is 564 g/mol. The van der Waals surface area contributed by atoms with Crippen LogP contribution in [0.15, 0.2) is 78.6 Å². The Morgan fingerprint density at radius 1 is 1.07 bits per heavy atom. The molecule has 0 amide bonds. The van der Waals surface area contributed by atoms with Crippen molar-refractivity contribution in [3.05, 3.63) is 113 Å². The molecule has 7 nitrogen and oxygen atoms in total. The average Bonchev–Trinajstić information content (AvgIpc) is 3.38. The summed E-state index contributed by atoms with van der Waals surface area (Å²) in [5.74, 6) is -2.19. The molecule has 4 aromatic rings. The van der Waals surface area contributed by atoms with Gasteiger partial charge in [0, 0.05) is 32.4 Å². The molecule has 3 heterocycles. The number of hydrazine groups is 1. The molecule has 204 valence electrons. The van der Waals surface area contributed by atoms with Crippen LogP contribution in [0.2, 0.25) is 0 Å². The fraction of sp³-hybridized carbons (Fsp3) is 0.207. The number of aromatic nitrogens is 3. The standard InChI is InChI=1S/C29H24F3N5O2S/c1-35(40-39-23-9-10-24(31)25(32)15-23)36-13-11-20-14-27-19(17-34-37(27)22-7-5-21(30)6-8-22)16-29(20,18-36)28(38)26-4-2-3-12-33-26/h2-10,12,14-15,17H,11,13,16,18H2,1H3. The van der Waals surface area contributed by atoms with Gasteiger partial charge in [0.15, 0.2) is 29.6 Å². The Morgan fingerprint density at radius 2 is 1.90 bits per heavy atom. The van der Waals surface area contributed by atoms with Crippen LogP contribution < -0.4 is 4.18 Å². The van der Waals surface area contributed by atoms with Crippen molar-refractivity contribution in [2.45, 2.75) is 12.8 Å². The van der Waals surface area contributed by atoms with Gasteiger partial charge in [0.2, 0.25) is 0 Å². The second-order valence-corrected chi connectivity index (χ2v) is 10.6. The fourth-order valence-electron chi connectivity index (χ4n) is 5.27. The van der Waals surface area contributed by atoms with Crippen LogP contribution in [-0.4, -0.2) is 50.1 Å². The molecular weight excluding hydrogens is 539 g/mol.